The number of carbonyl (C=O) groups excluding carboxylic acids is 2. The highest BCUT2D eigenvalue weighted by Crippen LogP contribution is 2.32. The number of hydrogen-bond acceptors (Lipinski definition) is 3. The van der Waals surface area contributed by atoms with E-state index in [9.17, 15) is 9.59 Å². The van der Waals surface area contributed by atoms with E-state index in [1.165, 1.54) is 5.56 Å². The van der Waals surface area contributed by atoms with Gasteiger partial charge < -0.3 is 5.32 Å². The molecule has 0 saturated heterocycles. The van der Waals surface area contributed by atoms with Crippen molar-refractivity contribution < 1.29 is 9.59 Å². The Morgan fingerprint density at radius 1 is 1.19 bits per heavy atom. The number of aromatic nitrogens is 2. The molecule has 0 bridgehead atoms. The van der Waals surface area contributed by atoms with Gasteiger partial charge in [0, 0.05) is 5.69 Å². The molecule has 1 atom stereocenters. The first-order valence-electron chi connectivity index (χ1n) is 8.70. The van der Waals surface area contributed by atoms with Crippen LogP contribution in [0.3, 0.4) is 0 Å². The first-order chi connectivity index (χ1) is 12.5. The Morgan fingerprint density at radius 2 is 1.92 bits per heavy atom. The number of benzene rings is 2. The average molecular weight is 348 g/mol. The molecule has 4 rings (SSSR count). The maximum Gasteiger partial charge on any atom is 0.250 e. The van der Waals surface area contributed by atoms with Crippen LogP contribution in [0.25, 0.3) is 11.0 Å². The van der Waals surface area contributed by atoms with Gasteiger partial charge in [0.05, 0.1) is 17.5 Å². The van der Waals surface area contributed by atoms with E-state index >= 15 is 0 Å². The number of para-hydroxylation sites is 2. The number of carbonyl (C=O) groups is 2. The van der Waals surface area contributed by atoms with Crippen LogP contribution in [-0.2, 0) is 9.59 Å². The monoisotopic (exact) mass is 348 g/mol. The number of hydrogen-bond donors (Lipinski definition) is 2. The van der Waals surface area contributed by atoms with E-state index in [4.69, 9.17) is 0 Å². The number of nitrogens with zero attached hydrogens (tertiary/aromatic N) is 2. The summed E-state index contributed by atoms with van der Waals surface area (Å²) in [5.74, 6) is 0.529. The lowest BCUT2D eigenvalue weighted by Gasteiger charge is -2.12. The normalized spacial score (nSPS) is 16.0. The fraction of sp³-hybridized carbons (Fsp3) is 0.250. The van der Waals surface area contributed by atoms with Crippen LogP contribution in [0.5, 0.6) is 0 Å². The van der Waals surface area contributed by atoms with E-state index in [2.05, 4.69) is 29.5 Å². The van der Waals surface area contributed by atoms with Crippen molar-refractivity contribution in [3.63, 3.8) is 0 Å². The quantitative estimate of drug-likeness (QED) is 0.755. The van der Waals surface area contributed by atoms with E-state index in [1.807, 2.05) is 48.5 Å². The molecular formula is C20H20N4O2. The van der Waals surface area contributed by atoms with Crippen LogP contribution in [0.2, 0.25) is 0 Å². The van der Waals surface area contributed by atoms with E-state index < -0.39 is 6.04 Å². The topological polar surface area (TPSA) is 76.0 Å². The number of nitrogens with one attached hydrogen (secondary N) is 2. The molecular weight excluding hydrogens is 328 g/mol. The van der Waals surface area contributed by atoms with Crippen molar-refractivity contribution in [2.75, 3.05) is 10.6 Å². The summed E-state index contributed by atoms with van der Waals surface area (Å²) in [4.78, 5) is 29.2. The van der Waals surface area contributed by atoms with Crippen molar-refractivity contribution >= 4 is 34.5 Å². The molecule has 0 aliphatic carbocycles. The summed E-state index contributed by atoms with van der Waals surface area (Å²) < 4.78 is 1.80. The smallest absolute Gasteiger partial charge is 0.250 e. The lowest BCUT2D eigenvalue weighted by atomic mass is 10.0. The maximum absolute atomic E-state index is 12.5. The Balaban J connectivity index is 1.52. The van der Waals surface area contributed by atoms with Gasteiger partial charge in [0.2, 0.25) is 17.8 Å². The second-order valence-electron chi connectivity index (χ2n) is 6.83. The minimum absolute atomic E-state index is 0.0606. The summed E-state index contributed by atoms with van der Waals surface area (Å²) in [6.45, 7) is 4.25. The van der Waals surface area contributed by atoms with E-state index in [1.54, 1.807) is 4.57 Å². The summed E-state index contributed by atoms with van der Waals surface area (Å²) in [5.41, 5.74) is 3.60. The molecule has 3 aromatic rings. The van der Waals surface area contributed by atoms with Gasteiger partial charge in [-0.2, -0.15) is 0 Å². The zero-order valence-electron chi connectivity index (χ0n) is 14.7. The highest BCUT2D eigenvalue weighted by molar-refractivity contribution is 6.03. The average Bonchev–Trinajstić information content (AvgIpc) is 3.11. The van der Waals surface area contributed by atoms with Gasteiger partial charge in [0.15, 0.2) is 0 Å². The van der Waals surface area contributed by atoms with Crippen molar-refractivity contribution in [2.45, 2.75) is 32.2 Å². The summed E-state index contributed by atoms with van der Waals surface area (Å²) in [7, 11) is 0. The van der Waals surface area contributed by atoms with Crippen molar-refractivity contribution in [2.24, 2.45) is 0 Å². The van der Waals surface area contributed by atoms with Gasteiger partial charge in [-0.1, -0.05) is 38.1 Å². The van der Waals surface area contributed by atoms with Crippen LogP contribution in [0.4, 0.5) is 11.6 Å². The van der Waals surface area contributed by atoms with Gasteiger partial charge in [0.1, 0.15) is 6.04 Å². The van der Waals surface area contributed by atoms with Crippen molar-refractivity contribution in [3.8, 4) is 0 Å². The molecule has 0 fully saturated rings. The molecule has 2 amide bonds. The van der Waals surface area contributed by atoms with Crippen LogP contribution in [0.15, 0.2) is 48.5 Å². The molecule has 1 aliphatic rings. The minimum Gasteiger partial charge on any atom is -0.326 e. The summed E-state index contributed by atoms with van der Waals surface area (Å²) in [6, 6.07) is 14.8. The largest absolute Gasteiger partial charge is 0.326 e. The standard InChI is InChI=1S/C20H20N4O2/c1-12(2)13-7-9-14(10-8-13)21-18(25)11-17-19(26)23-20-22-15-5-3-4-6-16(15)24(17)20/h3-10,12,17H,11H2,1-2H3,(H,21,25)(H,22,23,26). The lowest BCUT2D eigenvalue weighted by molar-refractivity contribution is -0.123. The van der Waals surface area contributed by atoms with E-state index in [0.29, 0.717) is 11.9 Å². The number of amides is 2. The Bertz CT molecular complexity index is 989. The number of imidazole rings is 1. The van der Waals surface area contributed by atoms with E-state index in [-0.39, 0.29) is 18.2 Å². The number of rotatable bonds is 4. The molecule has 26 heavy (non-hydrogen) atoms. The van der Waals surface area contributed by atoms with Crippen LogP contribution >= 0.6 is 0 Å². The molecule has 6 nitrogen and oxygen atoms in total. The van der Waals surface area contributed by atoms with Gasteiger partial charge in [-0.25, -0.2) is 4.98 Å². The Morgan fingerprint density at radius 3 is 2.65 bits per heavy atom. The lowest BCUT2D eigenvalue weighted by Crippen LogP contribution is -2.23. The molecule has 132 valence electrons. The predicted octanol–water partition coefficient (Wildman–Crippen LogP) is 3.68. The maximum atomic E-state index is 12.5. The van der Waals surface area contributed by atoms with Gasteiger partial charge in [-0.3, -0.25) is 19.5 Å². The zero-order chi connectivity index (χ0) is 18.3. The van der Waals surface area contributed by atoms with E-state index in [0.717, 1.165) is 16.7 Å². The fourth-order valence-corrected chi connectivity index (χ4v) is 3.28. The molecule has 2 N–H and O–H groups in total. The molecule has 0 saturated carbocycles. The molecule has 2 heterocycles. The first-order valence-corrected chi connectivity index (χ1v) is 8.70. The fourth-order valence-electron chi connectivity index (χ4n) is 3.28. The van der Waals surface area contributed by atoms with Gasteiger partial charge in [-0.15, -0.1) is 0 Å². The minimum atomic E-state index is -0.590. The first kappa shape index (κ1) is 16.3. The third-order valence-corrected chi connectivity index (χ3v) is 4.68. The second-order valence-corrected chi connectivity index (χ2v) is 6.83. The molecule has 1 aromatic heterocycles. The number of anilines is 2. The summed E-state index contributed by atoms with van der Waals surface area (Å²) >= 11 is 0. The molecule has 2 aromatic carbocycles. The SMILES string of the molecule is CC(C)c1ccc(NC(=O)CC2C(=O)Nc3nc4ccccc4n32)cc1. The molecule has 1 unspecified atom stereocenters. The highest BCUT2D eigenvalue weighted by Gasteiger charge is 2.34. The molecule has 6 heteroatoms. The summed E-state index contributed by atoms with van der Waals surface area (Å²) in [6.07, 6.45) is 0.0606. The van der Waals surface area contributed by atoms with Crippen LogP contribution in [0, 0.1) is 0 Å². The molecule has 1 aliphatic heterocycles. The molecule has 0 spiro atoms. The van der Waals surface area contributed by atoms with Gasteiger partial charge in [0.25, 0.3) is 0 Å². The Kier molecular flexibility index (Phi) is 3.95. The number of fused-ring (bicyclic) bond motifs is 3. The van der Waals surface area contributed by atoms with Crippen LogP contribution in [-0.4, -0.2) is 21.4 Å². The highest BCUT2D eigenvalue weighted by atomic mass is 16.2. The van der Waals surface area contributed by atoms with Crippen LogP contribution in [0.1, 0.15) is 37.8 Å². The zero-order valence-corrected chi connectivity index (χ0v) is 14.7. The van der Waals surface area contributed by atoms with Gasteiger partial charge >= 0.3 is 0 Å². The second kappa shape index (κ2) is 6.29. The van der Waals surface area contributed by atoms with Crippen molar-refractivity contribution in [1.82, 2.24) is 9.55 Å². The van der Waals surface area contributed by atoms with Gasteiger partial charge in [-0.05, 0) is 35.7 Å². The molecule has 0 radical (unpaired) electrons. The van der Waals surface area contributed by atoms with Crippen LogP contribution < -0.4 is 10.6 Å². The van der Waals surface area contributed by atoms with Crippen molar-refractivity contribution in [1.29, 1.82) is 0 Å². The predicted molar refractivity (Wildman–Crippen MR) is 101 cm³/mol. The third kappa shape index (κ3) is 2.83. The third-order valence-electron chi connectivity index (χ3n) is 4.68. The summed E-state index contributed by atoms with van der Waals surface area (Å²) in [5, 5.41) is 5.63. The Labute approximate surface area is 151 Å². The van der Waals surface area contributed by atoms with Crippen molar-refractivity contribution in [3.05, 3.63) is 54.1 Å². The Hall–Kier alpha value is -3.15.